The molecule has 1 aromatic heterocycles. The Labute approximate surface area is 119 Å². The number of aromatic nitrogens is 2. The Morgan fingerprint density at radius 2 is 1.89 bits per heavy atom. The van der Waals surface area contributed by atoms with E-state index in [4.69, 9.17) is 4.74 Å². The maximum absolute atomic E-state index is 5.75. The second-order valence-electron chi connectivity index (χ2n) is 4.63. The molecule has 0 aliphatic rings. The SMILES string of the molecule is CCCCCCCOCc1c(Br)c(C)nn1CC. The molecule has 1 rings (SSSR count). The number of hydrogen-bond donors (Lipinski definition) is 0. The smallest absolute Gasteiger partial charge is 0.0896 e. The van der Waals surface area contributed by atoms with E-state index in [0.29, 0.717) is 6.61 Å². The zero-order valence-electron chi connectivity index (χ0n) is 11.8. The van der Waals surface area contributed by atoms with Crippen molar-refractivity contribution in [3.05, 3.63) is 15.9 Å². The number of nitrogens with zero attached hydrogens (tertiary/aromatic N) is 2. The highest BCUT2D eigenvalue weighted by molar-refractivity contribution is 9.10. The van der Waals surface area contributed by atoms with Gasteiger partial charge in [-0.15, -0.1) is 0 Å². The third kappa shape index (κ3) is 4.73. The van der Waals surface area contributed by atoms with E-state index in [-0.39, 0.29) is 0 Å². The third-order valence-corrected chi connectivity index (χ3v) is 4.12. The molecule has 1 aromatic rings. The first-order chi connectivity index (χ1) is 8.70. The fourth-order valence-corrected chi connectivity index (χ4v) is 2.38. The van der Waals surface area contributed by atoms with Crippen LogP contribution in [0.3, 0.4) is 0 Å². The third-order valence-electron chi connectivity index (χ3n) is 3.08. The average molecular weight is 317 g/mol. The van der Waals surface area contributed by atoms with Crippen LogP contribution in [0, 0.1) is 6.92 Å². The van der Waals surface area contributed by atoms with Gasteiger partial charge in [0.25, 0.3) is 0 Å². The van der Waals surface area contributed by atoms with Crippen molar-refractivity contribution in [3.63, 3.8) is 0 Å². The lowest BCUT2D eigenvalue weighted by atomic mass is 10.2. The standard InChI is InChI=1S/C14H25BrN2O/c1-4-6-7-8-9-10-18-11-13-14(15)12(3)16-17(13)5-2/h4-11H2,1-3H3. The van der Waals surface area contributed by atoms with Crippen LogP contribution in [0.1, 0.15) is 57.3 Å². The summed E-state index contributed by atoms with van der Waals surface area (Å²) in [7, 11) is 0. The summed E-state index contributed by atoms with van der Waals surface area (Å²) >= 11 is 3.58. The molecule has 0 N–H and O–H groups in total. The Morgan fingerprint density at radius 1 is 1.17 bits per heavy atom. The average Bonchev–Trinajstić information content (AvgIpc) is 2.65. The molecule has 0 saturated heterocycles. The predicted octanol–water partition coefficient (Wildman–Crippen LogP) is 4.46. The van der Waals surface area contributed by atoms with Crippen LogP contribution in [0.5, 0.6) is 0 Å². The molecule has 4 heteroatoms. The Bertz CT molecular complexity index is 350. The number of rotatable bonds is 9. The molecule has 0 amide bonds. The van der Waals surface area contributed by atoms with Crippen molar-refractivity contribution < 1.29 is 4.74 Å². The highest BCUT2D eigenvalue weighted by Gasteiger charge is 2.11. The molecule has 0 spiro atoms. The number of aryl methyl sites for hydroxylation is 2. The first-order valence-electron chi connectivity index (χ1n) is 7.00. The Kier molecular flexibility index (Phi) is 7.59. The van der Waals surface area contributed by atoms with Crippen molar-refractivity contribution in [2.75, 3.05) is 6.61 Å². The van der Waals surface area contributed by atoms with Crippen molar-refractivity contribution in [1.82, 2.24) is 9.78 Å². The summed E-state index contributed by atoms with van der Waals surface area (Å²) in [5, 5.41) is 4.46. The van der Waals surface area contributed by atoms with E-state index >= 15 is 0 Å². The van der Waals surface area contributed by atoms with Crippen LogP contribution in [0.25, 0.3) is 0 Å². The van der Waals surface area contributed by atoms with E-state index in [2.05, 4.69) is 34.9 Å². The Hall–Kier alpha value is -0.350. The first kappa shape index (κ1) is 15.7. The first-order valence-corrected chi connectivity index (χ1v) is 7.79. The van der Waals surface area contributed by atoms with E-state index in [1.807, 2.05) is 11.6 Å². The van der Waals surface area contributed by atoms with Gasteiger partial charge >= 0.3 is 0 Å². The fraction of sp³-hybridized carbons (Fsp3) is 0.786. The number of ether oxygens (including phenoxy) is 1. The van der Waals surface area contributed by atoms with E-state index in [0.717, 1.165) is 35.4 Å². The van der Waals surface area contributed by atoms with Gasteiger partial charge in [0.05, 0.1) is 22.5 Å². The van der Waals surface area contributed by atoms with Crippen LogP contribution in [0.4, 0.5) is 0 Å². The quantitative estimate of drug-likeness (QED) is 0.629. The van der Waals surface area contributed by atoms with Crippen molar-refractivity contribution in [1.29, 1.82) is 0 Å². The number of halogens is 1. The van der Waals surface area contributed by atoms with Crippen LogP contribution in [-0.4, -0.2) is 16.4 Å². The summed E-state index contributed by atoms with van der Waals surface area (Å²) in [6.07, 6.45) is 6.41. The molecule has 0 aliphatic carbocycles. The second-order valence-corrected chi connectivity index (χ2v) is 5.42. The van der Waals surface area contributed by atoms with Gasteiger partial charge in [-0.3, -0.25) is 4.68 Å². The molecule has 0 unspecified atom stereocenters. The predicted molar refractivity (Wildman–Crippen MR) is 78.8 cm³/mol. The van der Waals surface area contributed by atoms with Gasteiger partial charge in [0.2, 0.25) is 0 Å². The molecule has 0 saturated carbocycles. The Morgan fingerprint density at radius 3 is 2.56 bits per heavy atom. The van der Waals surface area contributed by atoms with E-state index in [1.54, 1.807) is 0 Å². The molecular weight excluding hydrogens is 292 g/mol. The van der Waals surface area contributed by atoms with E-state index in [1.165, 1.54) is 25.7 Å². The highest BCUT2D eigenvalue weighted by atomic mass is 79.9. The zero-order chi connectivity index (χ0) is 13.4. The lowest BCUT2D eigenvalue weighted by molar-refractivity contribution is 0.110. The molecule has 0 aromatic carbocycles. The van der Waals surface area contributed by atoms with E-state index in [9.17, 15) is 0 Å². The normalized spacial score (nSPS) is 11.1. The van der Waals surface area contributed by atoms with Gasteiger partial charge in [-0.25, -0.2) is 0 Å². The largest absolute Gasteiger partial charge is 0.375 e. The molecule has 3 nitrogen and oxygen atoms in total. The minimum Gasteiger partial charge on any atom is -0.375 e. The van der Waals surface area contributed by atoms with Crippen molar-refractivity contribution in [2.24, 2.45) is 0 Å². The molecule has 1 heterocycles. The number of hydrogen-bond acceptors (Lipinski definition) is 2. The minimum absolute atomic E-state index is 0.656. The molecule has 0 fully saturated rings. The molecule has 0 aliphatic heterocycles. The van der Waals surface area contributed by atoms with Gasteiger partial charge < -0.3 is 4.74 Å². The van der Waals surface area contributed by atoms with Crippen LogP contribution >= 0.6 is 15.9 Å². The van der Waals surface area contributed by atoms with Gasteiger partial charge in [-0.1, -0.05) is 32.6 Å². The van der Waals surface area contributed by atoms with Gasteiger partial charge in [0, 0.05) is 13.2 Å². The summed E-state index contributed by atoms with van der Waals surface area (Å²) in [4.78, 5) is 0. The maximum Gasteiger partial charge on any atom is 0.0896 e. The lowest BCUT2D eigenvalue weighted by Crippen LogP contribution is -2.05. The molecule has 0 radical (unpaired) electrons. The topological polar surface area (TPSA) is 27.1 Å². The van der Waals surface area contributed by atoms with Gasteiger partial charge in [0.1, 0.15) is 0 Å². The van der Waals surface area contributed by atoms with Crippen LogP contribution < -0.4 is 0 Å². The summed E-state index contributed by atoms with van der Waals surface area (Å²) in [6.45, 7) is 8.76. The summed E-state index contributed by atoms with van der Waals surface area (Å²) in [5.74, 6) is 0. The molecule has 0 bridgehead atoms. The zero-order valence-corrected chi connectivity index (χ0v) is 13.4. The highest BCUT2D eigenvalue weighted by Crippen LogP contribution is 2.21. The van der Waals surface area contributed by atoms with Crippen molar-refractivity contribution in [3.8, 4) is 0 Å². The summed E-state index contributed by atoms with van der Waals surface area (Å²) < 4.78 is 8.85. The Balaban J connectivity index is 2.26. The molecule has 104 valence electrons. The minimum atomic E-state index is 0.656. The molecule has 18 heavy (non-hydrogen) atoms. The lowest BCUT2D eigenvalue weighted by Gasteiger charge is -2.07. The number of unbranched alkanes of at least 4 members (excludes halogenated alkanes) is 4. The van der Waals surface area contributed by atoms with E-state index < -0.39 is 0 Å². The fourth-order valence-electron chi connectivity index (χ4n) is 1.98. The molecular formula is C14H25BrN2O. The van der Waals surface area contributed by atoms with Crippen molar-refractivity contribution >= 4 is 15.9 Å². The van der Waals surface area contributed by atoms with Crippen molar-refractivity contribution in [2.45, 2.75) is 66.0 Å². The van der Waals surface area contributed by atoms with Crippen LogP contribution in [0.2, 0.25) is 0 Å². The molecule has 0 atom stereocenters. The van der Waals surface area contributed by atoms with Gasteiger partial charge in [-0.05, 0) is 36.2 Å². The monoisotopic (exact) mass is 316 g/mol. The van der Waals surface area contributed by atoms with Gasteiger partial charge in [0.15, 0.2) is 0 Å². The summed E-state index contributed by atoms with van der Waals surface area (Å²) in [6, 6.07) is 0. The van der Waals surface area contributed by atoms with Gasteiger partial charge in [-0.2, -0.15) is 5.10 Å². The summed E-state index contributed by atoms with van der Waals surface area (Å²) in [5.41, 5.74) is 2.20. The van der Waals surface area contributed by atoms with Crippen LogP contribution in [-0.2, 0) is 17.9 Å². The second kappa shape index (κ2) is 8.70. The van der Waals surface area contributed by atoms with Crippen LogP contribution in [0.15, 0.2) is 4.47 Å². The maximum atomic E-state index is 5.75.